The van der Waals surface area contributed by atoms with Crippen LogP contribution in [0, 0.1) is 0 Å². The normalized spacial score (nSPS) is 11.6. The number of halogens is 2. The maximum Gasteiger partial charge on any atom is 0.303 e. The summed E-state index contributed by atoms with van der Waals surface area (Å²) >= 11 is 12.2. The molecule has 1 heterocycles. The van der Waals surface area contributed by atoms with E-state index in [-0.39, 0.29) is 24.7 Å². The summed E-state index contributed by atoms with van der Waals surface area (Å²) in [5.41, 5.74) is 3.07. The second-order valence-electron chi connectivity index (χ2n) is 8.58. The molecule has 2 aromatic carbocycles. The van der Waals surface area contributed by atoms with Gasteiger partial charge in [-0.2, -0.15) is 0 Å². The Labute approximate surface area is 221 Å². The van der Waals surface area contributed by atoms with Crippen molar-refractivity contribution in [3.05, 3.63) is 76.4 Å². The van der Waals surface area contributed by atoms with Gasteiger partial charge in [-0.15, -0.1) is 0 Å². The number of ketones is 1. The van der Waals surface area contributed by atoms with E-state index < -0.39 is 5.97 Å². The average molecular weight is 529 g/mol. The van der Waals surface area contributed by atoms with Crippen LogP contribution in [0.15, 0.2) is 60.8 Å². The van der Waals surface area contributed by atoms with Crippen LogP contribution in [0.5, 0.6) is 5.75 Å². The van der Waals surface area contributed by atoms with Gasteiger partial charge in [-0.3, -0.25) is 14.6 Å². The van der Waals surface area contributed by atoms with Crippen LogP contribution in [0.4, 0.5) is 5.69 Å². The van der Waals surface area contributed by atoms with Crippen molar-refractivity contribution in [3.8, 4) is 17.0 Å². The summed E-state index contributed by atoms with van der Waals surface area (Å²) in [5, 5.41) is 13.3. The number of Topliss-reactive ketones (excluding diaryl/α,β-unsaturated/α-hetero) is 1. The molecule has 3 aromatic rings. The number of hydrogen-bond acceptors (Lipinski definition) is 5. The summed E-state index contributed by atoms with van der Waals surface area (Å²) < 4.78 is 6.02. The fourth-order valence-corrected chi connectivity index (χ4v) is 4.24. The SMILES string of the molecule is CCCC[C@@H](COc1ccc(-c2cc(Cl)cc(Cl)c2)nc1)Nc1ccc(C(=O)CCCC(=O)O)cc1. The highest BCUT2D eigenvalue weighted by molar-refractivity contribution is 6.35. The lowest BCUT2D eigenvalue weighted by atomic mass is 10.0. The smallest absolute Gasteiger partial charge is 0.303 e. The van der Waals surface area contributed by atoms with Crippen LogP contribution in [0.25, 0.3) is 11.3 Å². The molecule has 0 radical (unpaired) electrons. The lowest BCUT2D eigenvalue weighted by Crippen LogP contribution is -2.27. The summed E-state index contributed by atoms with van der Waals surface area (Å²) in [6.45, 7) is 2.60. The Hall–Kier alpha value is -3.09. The molecule has 1 aromatic heterocycles. The number of unbranched alkanes of at least 4 members (excludes halogenated alkanes) is 1. The van der Waals surface area contributed by atoms with E-state index in [4.69, 9.17) is 33.0 Å². The number of aromatic nitrogens is 1. The zero-order valence-electron chi connectivity index (χ0n) is 20.2. The molecule has 6 nitrogen and oxygen atoms in total. The van der Waals surface area contributed by atoms with Crippen molar-refractivity contribution >= 4 is 40.6 Å². The Morgan fingerprint density at radius 1 is 1.00 bits per heavy atom. The van der Waals surface area contributed by atoms with E-state index in [1.54, 1.807) is 24.4 Å². The van der Waals surface area contributed by atoms with E-state index >= 15 is 0 Å². The Morgan fingerprint density at radius 3 is 2.33 bits per heavy atom. The Kier molecular flexibility index (Phi) is 10.6. The molecule has 36 heavy (non-hydrogen) atoms. The van der Waals surface area contributed by atoms with Gasteiger partial charge in [0.2, 0.25) is 0 Å². The lowest BCUT2D eigenvalue weighted by Gasteiger charge is -2.20. The van der Waals surface area contributed by atoms with E-state index in [1.165, 1.54) is 0 Å². The zero-order valence-corrected chi connectivity index (χ0v) is 21.7. The number of carbonyl (C=O) groups excluding carboxylic acids is 1. The van der Waals surface area contributed by atoms with E-state index in [9.17, 15) is 9.59 Å². The van der Waals surface area contributed by atoms with Gasteiger partial charge in [-0.1, -0.05) is 43.0 Å². The first-order valence-electron chi connectivity index (χ1n) is 12.0. The highest BCUT2D eigenvalue weighted by Gasteiger charge is 2.12. The Bertz CT molecular complexity index is 1130. The molecule has 0 amide bonds. The molecule has 0 aliphatic heterocycles. The van der Waals surface area contributed by atoms with Crippen molar-refractivity contribution in [3.63, 3.8) is 0 Å². The molecule has 0 bridgehead atoms. The molecule has 0 aliphatic rings. The van der Waals surface area contributed by atoms with E-state index in [2.05, 4.69) is 17.2 Å². The number of ether oxygens (including phenoxy) is 1. The van der Waals surface area contributed by atoms with Gasteiger partial charge in [0.15, 0.2) is 5.78 Å². The maximum absolute atomic E-state index is 12.3. The minimum atomic E-state index is -0.888. The number of hydrogen-bond donors (Lipinski definition) is 2. The number of pyridine rings is 1. The van der Waals surface area contributed by atoms with Crippen molar-refractivity contribution in [1.29, 1.82) is 0 Å². The first kappa shape index (κ1) is 27.5. The van der Waals surface area contributed by atoms with Crippen LogP contribution in [-0.2, 0) is 4.79 Å². The third-order valence-corrected chi connectivity index (χ3v) is 6.06. The fraction of sp³-hybridized carbons (Fsp3) is 0.321. The van der Waals surface area contributed by atoms with Crippen molar-refractivity contribution in [2.75, 3.05) is 11.9 Å². The predicted octanol–water partition coefficient (Wildman–Crippen LogP) is 7.54. The lowest BCUT2D eigenvalue weighted by molar-refractivity contribution is -0.137. The topological polar surface area (TPSA) is 88.5 Å². The molecule has 190 valence electrons. The third kappa shape index (κ3) is 8.85. The van der Waals surface area contributed by atoms with Gasteiger partial charge < -0.3 is 15.2 Å². The summed E-state index contributed by atoms with van der Waals surface area (Å²) in [7, 11) is 0. The fourth-order valence-electron chi connectivity index (χ4n) is 3.72. The molecule has 0 unspecified atom stereocenters. The minimum Gasteiger partial charge on any atom is -0.490 e. The van der Waals surface area contributed by atoms with Gasteiger partial charge in [0.1, 0.15) is 12.4 Å². The number of aliphatic carboxylic acids is 1. The Morgan fingerprint density at radius 2 is 1.72 bits per heavy atom. The number of nitrogens with one attached hydrogen (secondary N) is 1. The van der Waals surface area contributed by atoms with Gasteiger partial charge in [0.25, 0.3) is 0 Å². The highest BCUT2D eigenvalue weighted by Crippen LogP contribution is 2.27. The van der Waals surface area contributed by atoms with E-state index in [0.29, 0.717) is 34.4 Å². The first-order chi connectivity index (χ1) is 17.3. The summed E-state index contributed by atoms with van der Waals surface area (Å²) in [5.74, 6) is -0.275. The molecule has 0 aliphatic carbocycles. The molecular weight excluding hydrogens is 499 g/mol. The molecule has 2 N–H and O–H groups in total. The average Bonchev–Trinajstić information content (AvgIpc) is 2.85. The molecule has 1 atom stereocenters. The number of carboxylic acid groups (broad SMARTS) is 1. The number of carbonyl (C=O) groups is 2. The summed E-state index contributed by atoms with van der Waals surface area (Å²) in [4.78, 5) is 27.4. The Balaban J connectivity index is 1.57. The number of anilines is 1. The zero-order chi connectivity index (χ0) is 25.9. The molecule has 0 saturated carbocycles. The quantitative estimate of drug-likeness (QED) is 0.210. The van der Waals surface area contributed by atoms with Gasteiger partial charge in [-0.05, 0) is 67.4 Å². The van der Waals surface area contributed by atoms with Crippen molar-refractivity contribution < 1.29 is 19.4 Å². The molecule has 3 rings (SSSR count). The first-order valence-corrected chi connectivity index (χ1v) is 12.8. The monoisotopic (exact) mass is 528 g/mol. The van der Waals surface area contributed by atoms with Gasteiger partial charge in [-0.25, -0.2) is 0 Å². The molecular formula is C28H30Cl2N2O4. The van der Waals surface area contributed by atoms with Crippen molar-refractivity contribution in [2.45, 2.75) is 51.5 Å². The number of rotatable bonds is 14. The summed E-state index contributed by atoms with van der Waals surface area (Å²) in [6.07, 6.45) is 5.30. The largest absolute Gasteiger partial charge is 0.490 e. The van der Waals surface area contributed by atoms with Gasteiger partial charge >= 0.3 is 5.97 Å². The molecule has 0 fully saturated rings. The second-order valence-corrected chi connectivity index (χ2v) is 9.45. The van der Waals surface area contributed by atoms with Gasteiger partial charge in [0.05, 0.1) is 17.9 Å². The van der Waals surface area contributed by atoms with Crippen LogP contribution in [0.3, 0.4) is 0 Å². The third-order valence-electron chi connectivity index (χ3n) is 5.62. The van der Waals surface area contributed by atoms with Crippen LogP contribution in [-0.4, -0.2) is 34.5 Å². The molecule has 0 spiro atoms. The minimum absolute atomic E-state index is 0.00229. The number of benzene rings is 2. The van der Waals surface area contributed by atoms with Crippen LogP contribution >= 0.6 is 23.2 Å². The standard InChI is InChI=1S/C28H30Cl2N2O4/c1-2-3-5-24(32-23-10-8-19(9-11-23)27(33)6-4-7-28(34)35)18-36-25-12-13-26(31-17-25)20-14-21(29)16-22(30)15-20/h8-17,24,32H,2-7,18H2,1H3,(H,34,35)/t24-/m0/s1. The second kappa shape index (κ2) is 13.9. The van der Waals surface area contributed by atoms with Crippen molar-refractivity contribution in [1.82, 2.24) is 4.98 Å². The van der Waals surface area contributed by atoms with E-state index in [0.717, 1.165) is 36.2 Å². The van der Waals surface area contributed by atoms with Crippen LogP contribution < -0.4 is 10.1 Å². The highest BCUT2D eigenvalue weighted by atomic mass is 35.5. The predicted molar refractivity (Wildman–Crippen MR) is 144 cm³/mol. The summed E-state index contributed by atoms with van der Waals surface area (Å²) in [6, 6.07) is 16.4. The number of carboxylic acids is 1. The van der Waals surface area contributed by atoms with Crippen molar-refractivity contribution in [2.24, 2.45) is 0 Å². The maximum atomic E-state index is 12.3. The van der Waals surface area contributed by atoms with Gasteiger partial charge in [0, 0.05) is 39.7 Å². The number of nitrogens with zero attached hydrogens (tertiary/aromatic N) is 1. The van der Waals surface area contributed by atoms with Crippen LogP contribution in [0.1, 0.15) is 55.8 Å². The molecule has 8 heteroatoms. The van der Waals surface area contributed by atoms with Crippen LogP contribution in [0.2, 0.25) is 10.0 Å². The van der Waals surface area contributed by atoms with E-state index in [1.807, 2.05) is 36.4 Å². The molecule has 0 saturated heterocycles.